The smallest absolute Gasteiger partial charge is 0.332 e. The number of carbonyl (C=O) groups is 2. The molecule has 0 heterocycles. The fourth-order valence-electron chi connectivity index (χ4n) is 2.46. The maximum atomic E-state index is 11.4. The Kier molecular flexibility index (Phi) is 3.76. The number of hydrogen-bond acceptors (Lipinski definition) is 2. The monoisotopic (exact) mass is 238 g/mol. The summed E-state index contributed by atoms with van der Waals surface area (Å²) in [7, 11) is 0. The first kappa shape index (κ1) is 13.5. The summed E-state index contributed by atoms with van der Waals surface area (Å²) in [5.41, 5.74) is 0.134. The van der Waals surface area contributed by atoms with Crippen molar-refractivity contribution in [3.63, 3.8) is 0 Å². The van der Waals surface area contributed by atoms with E-state index in [1.165, 1.54) is 0 Å². The Bertz CT molecular complexity index is 406. The molecular weight excluding hydrogens is 220 g/mol. The molecule has 0 saturated carbocycles. The van der Waals surface area contributed by atoms with Crippen LogP contribution < -0.4 is 0 Å². The van der Waals surface area contributed by atoms with Crippen LogP contribution in [0.3, 0.4) is 0 Å². The molecule has 0 aliphatic heterocycles. The summed E-state index contributed by atoms with van der Waals surface area (Å²) in [6.07, 6.45) is 4.33. The van der Waals surface area contributed by atoms with Gasteiger partial charge in [-0.2, -0.15) is 0 Å². The van der Waals surface area contributed by atoms with E-state index in [2.05, 4.69) is 0 Å². The second-order valence-electron chi connectivity index (χ2n) is 4.50. The average molecular weight is 238 g/mol. The van der Waals surface area contributed by atoms with E-state index in [0.717, 1.165) is 5.57 Å². The number of carboxylic acids is 2. The lowest BCUT2D eigenvalue weighted by Crippen LogP contribution is -2.38. The number of carboxylic acid groups (broad SMARTS) is 2. The van der Waals surface area contributed by atoms with Gasteiger partial charge in [0.15, 0.2) is 0 Å². The van der Waals surface area contributed by atoms with E-state index in [4.69, 9.17) is 0 Å². The lowest BCUT2D eigenvalue weighted by molar-refractivity contribution is -0.144. The first-order chi connectivity index (χ1) is 7.88. The number of allylic oxidation sites excluding steroid dienone is 2. The molecule has 4 heteroatoms. The number of hydrogen-bond donors (Lipinski definition) is 2. The topological polar surface area (TPSA) is 74.6 Å². The zero-order chi connectivity index (χ0) is 13.2. The minimum absolute atomic E-state index is 0.248. The van der Waals surface area contributed by atoms with Crippen LogP contribution in [0, 0.1) is 11.3 Å². The lowest BCUT2D eigenvalue weighted by Gasteiger charge is -2.37. The standard InChI is InChI=1S/C13H18O4/c1-4-8-6-7-9(11(14)15)13(3,5-2)10(8)12(16)17/h6-7,9H,4-5H2,1-3H3,(H,14,15)(H,16,17). The van der Waals surface area contributed by atoms with Crippen molar-refractivity contribution in [1.29, 1.82) is 0 Å². The van der Waals surface area contributed by atoms with Gasteiger partial charge in [0.2, 0.25) is 0 Å². The zero-order valence-corrected chi connectivity index (χ0v) is 10.4. The second-order valence-corrected chi connectivity index (χ2v) is 4.50. The Hall–Kier alpha value is -1.58. The highest BCUT2D eigenvalue weighted by Gasteiger charge is 2.45. The van der Waals surface area contributed by atoms with E-state index in [-0.39, 0.29) is 5.57 Å². The van der Waals surface area contributed by atoms with Crippen LogP contribution in [0.5, 0.6) is 0 Å². The molecule has 0 aromatic rings. The van der Waals surface area contributed by atoms with E-state index in [1.54, 1.807) is 19.1 Å². The number of aliphatic carboxylic acids is 2. The van der Waals surface area contributed by atoms with Crippen molar-refractivity contribution in [1.82, 2.24) is 0 Å². The second kappa shape index (κ2) is 4.73. The predicted molar refractivity (Wildman–Crippen MR) is 63.6 cm³/mol. The fraction of sp³-hybridized carbons (Fsp3) is 0.538. The van der Waals surface area contributed by atoms with E-state index >= 15 is 0 Å². The van der Waals surface area contributed by atoms with Gasteiger partial charge in [-0.25, -0.2) is 4.79 Å². The van der Waals surface area contributed by atoms with Crippen LogP contribution in [0.2, 0.25) is 0 Å². The predicted octanol–water partition coefficient (Wildman–Crippen LogP) is 2.46. The molecule has 2 unspecified atom stereocenters. The molecular formula is C13H18O4. The molecule has 0 aromatic carbocycles. The van der Waals surface area contributed by atoms with E-state index in [9.17, 15) is 19.8 Å². The Morgan fingerprint density at radius 3 is 2.29 bits per heavy atom. The van der Waals surface area contributed by atoms with Crippen LogP contribution in [0.25, 0.3) is 0 Å². The quantitative estimate of drug-likeness (QED) is 0.789. The van der Waals surface area contributed by atoms with Crippen molar-refractivity contribution < 1.29 is 19.8 Å². The Morgan fingerprint density at radius 1 is 1.35 bits per heavy atom. The molecule has 0 saturated heterocycles. The summed E-state index contributed by atoms with van der Waals surface area (Å²) in [4.78, 5) is 22.6. The summed E-state index contributed by atoms with van der Waals surface area (Å²) < 4.78 is 0. The molecule has 1 rings (SSSR count). The molecule has 0 amide bonds. The fourth-order valence-corrected chi connectivity index (χ4v) is 2.46. The molecule has 0 bridgehead atoms. The molecule has 0 radical (unpaired) electrons. The molecule has 2 atom stereocenters. The summed E-state index contributed by atoms with van der Waals surface area (Å²) in [6, 6.07) is 0. The van der Waals surface area contributed by atoms with E-state index < -0.39 is 23.3 Å². The summed E-state index contributed by atoms with van der Waals surface area (Å²) in [5.74, 6) is -2.75. The molecule has 0 spiro atoms. The average Bonchev–Trinajstić information content (AvgIpc) is 2.27. The van der Waals surface area contributed by atoms with Crippen LogP contribution in [-0.2, 0) is 9.59 Å². The van der Waals surface area contributed by atoms with Gasteiger partial charge in [0.05, 0.1) is 5.92 Å². The van der Waals surface area contributed by atoms with Crippen LogP contribution in [0.15, 0.2) is 23.3 Å². The van der Waals surface area contributed by atoms with Crippen LogP contribution in [0.1, 0.15) is 33.6 Å². The molecule has 0 aromatic heterocycles. The third-order valence-electron chi connectivity index (χ3n) is 3.66. The minimum Gasteiger partial charge on any atom is -0.481 e. The van der Waals surface area contributed by atoms with Gasteiger partial charge in [0.25, 0.3) is 0 Å². The first-order valence-electron chi connectivity index (χ1n) is 5.76. The molecule has 0 fully saturated rings. The lowest BCUT2D eigenvalue weighted by atomic mass is 9.65. The molecule has 2 N–H and O–H groups in total. The molecule has 94 valence electrons. The van der Waals surface area contributed by atoms with E-state index in [0.29, 0.717) is 12.8 Å². The van der Waals surface area contributed by atoms with Crippen LogP contribution in [-0.4, -0.2) is 22.2 Å². The maximum Gasteiger partial charge on any atom is 0.332 e. The molecule has 1 aliphatic carbocycles. The highest BCUT2D eigenvalue weighted by molar-refractivity contribution is 5.92. The maximum absolute atomic E-state index is 11.4. The van der Waals surface area contributed by atoms with Gasteiger partial charge in [-0.3, -0.25) is 4.79 Å². The zero-order valence-electron chi connectivity index (χ0n) is 10.4. The highest BCUT2D eigenvalue weighted by Crippen LogP contribution is 2.45. The van der Waals surface area contributed by atoms with Crippen molar-refractivity contribution in [3.05, 3.63) is 23.3 Å². The number of rotatable bonds is 4. The largest absolute Gasteiger partial charge is 0.481 e. The van der Waals surface area contributed by atoms with Crippen molar-refractivity contribution in [2.75, 3.05) is 0 Å². The van der Waals surface area contributed by atoms with Gasteiger partial charge < -0.3 is 10.2 Å². The van der Waals surface area contributed by atoms with Crippen molar-refractivity contribution in [3.8, 4) is 0 Å². The van der Waals surface area contributed by atoms with Gasteiger partial charge in [-0.05, 0) is 18.4 Å². The van der Waals surface area contributed by atoms with Crippen molar-refractivity contribution in [2.24, 2.45) is 11.3 Å². The Balaban J connectivity index is 3.40. The van der Waals surface area contributed by atoms with Gasteiger partial charge in [0, 0.05) is 11.0 Å². The molecule has 4 nitrogen and oxygen atoms in total. The van der Waals surface area contributed by atoms with Gasteiger partial charge in [-0.15, -0.1) is 0 Å². The van der Waals surface area contributed by atoms with Crippen molar-refractivity contribution in [2.45, 2.75) is 33.6 Å². The summed E-state index contributed by atoms with van der Waals surface area (Å²) >= 11 is 0. The highest BCUT2D eigenvalue weighted by atomic mass is 16.4. The third kappa shape index (κ3) is 2.12. The van der Waals surface area contributed by atoms with Gasteiger partial charge in [-0.1, -0.05) is 32.9 Å². The first-order valence-corrected chi connectivity index (χ1v) is 5.76. The molecule has 1 aliphatic rings. The molecule has 17 heavy (non-hydrogen) atoms. The van der Waals surface area contributed by atoms with Gasteiger partial charge in [0.1, 0.15) is 0 Å². The van der Waals surface area contributed by atoms with E-state index in [1.807, 2.05) is 13.8 Å². The van der Waals surface area contributed by atoms with Crippen LogP contribution >= 0.6 is 0 Å². The summed E-state index contributed by atoms with van der Waals surface area (Å²) in [5, 5.41) is 18.5. The van der Waals surface area contributed by atoms with Crippen molar-refractivity contribution >= 4 is 11.9 Å². The van der Waals surface area contributed by atoms with Crippen LogP contribution in [0.4, 0.5) is 0 Å². The third-order valence-corrected chi connectivity index (χ3v) is 3.66. The van der Waals surface area contributed by atoms with Gasteiger partial charge >= 0.3 is 11.9 Å². The Morgan fingerprint density at radius 2 is 1.94 bits per heavy atom. The summed E-state index contributed by atoms with van der Waals surface area (Å²) in [6.45, 7) is 5.42. The normalized spacial score (nSPS) is 28.3. The SMILES string of the molecule is CCC1=C(C(=O)O)C(C)(CC)C(C(=O)O)C=C1. The minimum atomic E-state index is -1.01. The Labute approximate surface area is 101 Å².